The lowest BCUT2D eigenvalue weighted by Crippen LogP contribution is -2.44. The number of ether oxygens (including phenoxy) is 1. The van der Waals surface area contributed by atoms with Crippen LogP contribution in [-0.4, -0.2) is 43.1 Å². The molecule has 2 aromatic heterocycles. The molecule has 0 spiro atoms. The number of methoxy groups -OCH3 is 1. The smallest absolute Gasteiger partial charge is 0.382 e. The Hall–Kier alpha value is -4.01. The number of aromatic nitrogens is 2. The third kappa shape index (κ3) is 6.89. The van der Waals surface area contributed by atoms with E-state index >= 15 is 0 Å². The fourth-order valence-electron chi connectivity index (χ4n) is 5.10. The molecular weight excluding hydrogens is 531 g/mol. The Morgan fingerprint density at radius 2 is 1.64 bits per heavy atom. The van der Waals surface area contributed by atoms with Gasteiger partial charge in [0.05, 0.1) is 48.0 Å². The summed E-state index contributed by atoms with van der Waals surface area (Å²) in [6, 6.07) is 23.6. The van der Waals surface area contributed by atoms with Crippen LogP contribution in [-0.2, 0) is 31.9 Å². The highest BCUT2D eigenvalue weighted by Crippen LogP contribution is 2.34. The van der Waals surface area contributed by atoms with Gasteiger partial charge in [-0.25, -0.2) is 0 Å². The molecule has 5 rings (SSSR count). The lowest BCUT2D eigenvalue weighted by molar-refractivity contribution is -0.0132. The van der Waals surface area contributed by atoms with Crippen LogP contribution in [0.5, 0.6) is 0 Å². The van der Waals surface area contributed by atoms with Crippen molar-refractivity contribution < 1.29 is 18.7 Å². The molecule has 1 fully saturated rings. The second kappa shape index (κ2) is 13.3. The third-order valence-corrected chi connectivity index (χ3v) is 7.82. The van der Waals surface area contributed by atoms with Crippen molar-refractivity contribution in [3.05, 3.63) is 106 Å². The highest BCUT2D eigenvalue weighted by Gasteiger charge is 2.32. The van der Waals surface area contributed by atoms with Crippen LogP contribution in [0.15, 0.2) is 77.7 Å². The van der Waals surface area contributed by atoms with Gasteiger partial charge in [0.25, 0.3) is 5.56 Å². The van der Waals surface area contributed by atoms with E-state index in [4.69, 9.17) is 18.7 Å². The number of rotatable bonds is 11. The molecule has 10 heteroatoms. The number of aromatic amines is 1. The van der Waals surface area contributed by atoms with Crippen molar-refractivity contribution in [1.29, 1.82) is 5.26 Å². The lowest BCUT2D eigenvalue weighted by atomic mass is 9.92. The van der Waals surface area contributed by atoms with E-state index in [1.54, 1.807) is 13.3 Å². The van der Waals surface area contributed by atoms with E-state index in [2.05, 4.69) is 27.9 Å². The molecule has 1 aliphatic rings. The second-order valence-corrected chi connectivity index (χ2v) is 10.7. The highest BCUT2D eigenvalue weighted by molar-refractivity contribution is 6.36. The number of nitrogens with one attached hydrogen (secondary N) is 1. The van der Waals surface area contributed by atoms with Crippen molar-refractivity contribution >= 4 is 23.9 Å². The number of nitriles is 1. The molecule has 1 saturated heterocycles. The maximum atomic E-state index is 12.8. The van der Waals surface area contributed by atoms with Crippen molar-refractivity contribution in [3.8, 4) is 6.07 Å². The molecule has 9 nitrogen and oxygen atoms in total. The number of pyridine rings is 2. The van der Waals surface area contributed by atoms with Gasteiger partial charge in [0.1, 0.15) is 11.6 Å². The molecule has 216 valence electrons. The van der Waals surface area contributed by atoms with Gasteiger partial charge in [-0.3, -0.25) is 9.78 Å². The molecule has 1 unspecified atom stereocenters. The van der Waals surface area contributed by atoms with Gasteiger partial charge in [0.15, 0.2) is 0 Å². The van der Waals surface area contributed by atoms with Gasteiger partial charge in [-0.15, -0.1) is 0 Å². The molecule has 0 aliphatic carbocycles. The summed E-state index contributed by atoms with van der Waals surface area (Å²) < 4.78 is 24.1. The third-order valence-electron chi connectivity index (χ3n) is 7.82. The fraction of sp³-hybridized carbons (Fsp3) is 0.344. The molecule has 3 heterocycles. The number of H-pyrrole nitrogens is 1. The van der Waals surface area contributed by atoms with Crippen LogP contribution in [0.4, 0.5) is 5.69 Å². The minimum Gasteiger partial charge on any atom is -0.382 e. The van der Waals surface area contributed by atoms with Crippen molar-refractivity contribution in [2.75, 3.05) is 25.1 Å². The number of anilines is 1. The number of hydrogen-bond donors (Lipinski definition) is 1. The minimum absolute atomic E-state index is 0.0875. The van der Waals surface area contributed by atoms with Crippen LogP contribution in [0.25, 0.3) is 10.9 Å². The standard InChI is InChI=1S/C32H35BN4O5/c1-23(42-33(40-21-24-10-6-4-7-11-24)41-22-25-12-8-5-9-13-25)28-18-26-29(20-35-28)36-31(38)27(19-34)30(26)37-16-14-32(2,39-3)15-17-37/h4-13,18,20,23H,14-17,21-22H2,1-3H3,(H,36,38). The van der Waals surface area contributed by atoms with Crippen LogP contribution in [0, 0.1) is 11.3 Å². The predicted molar refractivity (Wildman–Crippen MR) is 162 cm³/mol. The predicted octanol–water partition coefficient (Wildman–Crippen LogP) is 5.30. The van der Waals surface area contributed by atoms with Gasteiger partial charge in [0, 0.05) is 25.6 Å². The number of piperidine rings is 1. The molecule has 0 amide bonds. The first-order valence-corrected chi connectivity index (χ1v) is 14.1. The molecule has 1 N–H and O–H groups in total. The summed E-state index contributed by atoms with van der Waals surface area (Å²) in [5, 5.41) is 10.7. The van der Waals surface area contributed by atoms with Crippen molar-refractivity contribution in [1.82, 2.24) is 9.97 Å². The molecule has 1 atom stereocenters. The average Bonchev–Trinajstić information content (AvgIpc) is 3.03. The van der Waals surface area contributed by atoms with E-state index in [-0.39, 0.29) is 11.2 Å². The quantitative estimate of drug-likeness (QED) is 0.244. The molecular formula is C32H35BN4O5. The van der Waals surface area contributed by atoms with Gasteiger partial charge in [-0.05, 0) is 43.9 Å². The normalized spacial score (nSPS) is 15.3. The molecule has 2 aromatic carbocycles. The summed E-state index contributed by atoms with van der Waals surface area (Å²) in [6.45, 7) is 5.89. The Morgan fingerprint density at radius 3 is 2.19 bits per heavy atom. The number of benzene rings is 2. The van der Waals surface area contributed by atoms with E-state index in [0.717, 1.165) is 29.4 Å². The number of hydrogen-bond acceptors (Lipinski definition) is 8. The molecule has 0 saturated carbocycles. The average molecular weight is 566 g/mol. The van der Waals surface area contributed by atoms with E-state index < -0.39 is 19.0 Å². The first kappa shape index (κ1) is 29.5. The van der Waals surface area contributed by atoms with Crippen LogP contribution in [0.3, 0.4) is 0 Å². The van der Waals surface area contributed by atoms with Gasteiger partial charge in [-0.1, -0.05) is 60.7 Å². The first-order valence-electron chi connectivity index (χ1n) is 14.1. The SMILES string of the molecule is COC1(C)CCN(c2c(C#N)c(=O)[nH]c3cnc(C(C)OB(OCc4ccccc4)OCc4ccccc4)cc23)CC1. The largest absolute Gasteiger partial charge is 0.640 e. The highest BCUT2D eigenvalue weighted by atomic mass is 16.7. The molecule has 0 bridgehead atoms. The van der Waals surface area contributed by atoms with E-state index in [1.807, 2.05) is 73.7 Å². The fourth-order valence-corrected chi connectivity index (χ4v) is 5.10. The van der Waals surface area contributed by atoms with Crippen LogP contribution >= 0.6 is 0 Å². The Bertz CT molecular complexity index is 1540. The number of nitrogens with zero attached hydrogens (tertiary/aromatic N) is 3. The zero-order chi connectivity index (χ0) is 29.5. The summed E-state index contributed by atoms with van der Waals surface area (Å²) in [4.78, 5) is 22.3. The maximum absolute atomic E-state index is 12.8. The van der Waals surface area contributed by atoms with Gasteiger partial charge < -0.3 is 28.6 Å². The van der Waals surface area contributed by atoms with Gasteiger partial charge >= 0.3 is 7.32 Å². The van der Waals surface area contributed by atoms with Crippen LogP contribution in [0.2, 0.25) is 0 Å². The molecule has 42 heavy (non-hydrogen) atoms. The topological polar surface area (TPSA) is 110 Å². The van der Waals surface area contributed by atoms with Crippen molar-refractivity contribution in [2.45, 2.75) is 51.6 Å². The molecule has 0 radical (unpaired) electrons. The van der Waals surface area contributed by atoms with Gasteiger partial charge in [0.2, 0.25) is 0 Å². The molecule has 4 aromatic rings. The van der Waals surface area contributed by atoms with E-state index in [1.165, 1.54) is 0 Å². The Kier molecular flexibility index (Phi) is 9.35. The van der Waals surface area contributed by atoms with Crippen molar-refractivity contribution in [2.24, 2.45) is 0 Å². The minimum atomic E-state index is -0.962. The van der Waals surface area contributed by atoms with Crippen LogP contribution in [0.1, 0.15) is 55.2 Å². The zero-order valence-electron chi connectivity index (χ0n) is 24.2. The van der Waals surface area contributed by atoms with E-state index in [9.17, 15) is 10.1 Å². The van der Waals surface area contributed by atoms with Gasteiger partial charge in [-0.2, -0.15) is 5.26 Å². The van der Waals surface area contributed by atoms with E-state index in [0.29, 0.717) is 43.2 Å². The van der Waals surface area contributed by atoms with Crippen molar-refractivity contribution in [3.63, 3.8) is 0 Å². The van der Waals surface area contributed by atoms with Crippen LogP contribution < -0.4 is 10.5 Å². The summed E-state index contributed by atoms with van der Waals surface area (Å²) in [7, 11) is 0.759. The second-order valence-electron chi connectivity index (χ2n) is 10.7. The molecule has 1 aliphatic heterocycles. The lowest BCUT2D eigenvalue weighted by Gasteiger charge is -2.40. The Morgan fingerprint density at radius 1 is 1.05 bits per heavy atom. The number of fused-ring (bicyclic) bond motifs is 1. The zero-order valence-corrected chi connectivity index (χ0v) is 24.2. The Labute approximate surface area is 246 Å². The maximum Gasteiger partial charge on any atom is 0.640 e. The summed E-state index contributed by atoms with van der Waals surface area (Å²) in [5.41, 5.74) is 3.21. The summed E-state index contributed by atoms with van der Waals surface area (Å²) >= 11 is 0. The summed E-state index contributed by atoms with van der Waals surface area (Å²) in [6.07, 6.45) is 2.65. The monoisotopic (exact) mass is 566 g/mol. The first-order chi connectivity index (χ1) is 20.4. The Balaban J connectivity index is 1.41. The summed E-state index contributed by atoms with van der Waals surface area (Å²) in [5.74, 6) is 0.